The molecular weight excluding hydrogens is 484 g/mol. The summed E-state index contributed by atoms with van der Waals surface area (Å²) < 4.78 is 5.54. The van der Waals surface area contributed by atoms with Crippen LogP contribution < -0.4 is 16.4 Å². The Morgan fingerprint density at radius 1 is 1.03 bits per heavy atom. The molecule has 212 valence electrons. The van der Waals surface area contributed by atoms with E-state index >= 15 is 0 Å². The van der Waals surface area contributed by atoms with Crippen LogP contribution in [0.15, 0.2) is 30.3 Å². The number of esters is 1. The summed E-state index contributed by atoms with van der Waals surface area (Å²) >= 11 is 0. The molecule has 0 unspecified atom stereocenters. The molecule has 0 aliphatic carbocycles. The van der Waals surface area contributed by atoms with Gasteiger partial charge in [-0.25, -0.2) is 4.79 Å². The standard InChI is InChI=1S/C29H46N4O5/c1-18(2)16-22(27(36)33-15-11-14-23(33)28(37)38-29(5,6)7)31-26(35)24(19(3)4)32-25(34)21(30)17-20-12-9-8-10-13-20/h8-10,12-13,18-19,21-24H,11,14-17,30H2,1-7H3,(H,31,35)(H,32,34)/t21-,22-,23-,24-/m0/s1. The minimum absolute atomic E-state index is 0.109. The second-order valence-corrected chi connectivity index (χ2v) is 11.9. The largest absolute Gasteiger partial charge is 0.458 e. The Bertz CT molecular complexity index is 957. The maximum atomic E-state index is 13.6. The Morgan fingerprint density at radius 3 is 2.21 bits per heavy atom. The highest BCUT2D eigenvalue weighted by Gasteiger charge is 2.40. The van der Waals surface area contributed by atoms with Gasteiger partial charge in [0.1, 0.15) is 23.7 Å². The van der Waals surface area contributed by atoms with Crippen LogP contribution >= 0.6 is 0 Å². The lowest BCUT2D eigenvalue weighted by molar-refractivity contribution is -0.163. The van der Waals surface area contributed by atoms with Crippen molar-refractivity contribution >= 4 is 23.7 Å². The normalized spacial score (nSPS) is 18.2. The van der Waals surface area contributed by atoms with Crippen LogP contribution in [0.2, 0.25) is 0 Å². The summed E-state index contributed by atoms with van der Waals surface area (Å²) in [6.45, 7) is 13.4. The number of ether oxygens (including phenoxy) is 1. The minimum atomic E-state index is -0.869. The van der Waals surface area contributed by atoms with Crippen molar-refractivity contribution in [1.29, 1.82) is 0 Å². The van der Waals surface area contributed by atoms with Gasteiger partial charge in [0.2, 0.25) is 17.7 Å². The molecule has 0 spiro atoms. The first-order valence-electron chi connectivity index (χ1n) is 13.6. The zero-order valence-corrected chi connectivity index (χ0v) is 24.0. The van der Waals surface area contributed by atoms with Gasteiger partial charge in [-0.1, -0.05) is 58.0 Å². The first-order valence-corrected chi connectivity index (χ1v) is 13.6. The van der Waals surface area contributed by atoms with E-state index in [0.717, 1.165) is 5.56 Å². The highest BCUT2D eigenvalue weighted by atomic mass is 16.6. The van der Waals surface area contributed by atoms with Gasteiger partial charge in [0.25, 0.3) is 0 Å². The second kappa shape index (κ2) is 13.7. The van der Waals surface area contributed by atoms with Gasteiger partial charge < -0.3 is 26.0 Å². The molecule has 0 radical (unpaired) electrons. The Labute approximate surface area is 227 Å². The molecule has 9 nitrogen and oxygen atoms in total. The number of benzene rings is 1. The highest BCUT2D eigenvalue weighted by Crippen LogP contribution is 2.23. The molecule has 0 bridgehead atoms. The summed E-state index contributed by atoms with van der Waals surface area (Å²) in [4.78, 5) is 54.2. The number of carbonyl (C=O) groups is 4. The van der Waals surface area contributed by atoms with E-state index in [1.807, 2.05) is 58.0 Å². The van der Waals surface area contributed by atoms with Crippen molar-refractivity contribution in [1.82, 2.24) is 15.5 Å². The number of amides is 3. The molecule has 1 aromatic carbocycles. The molecule has 1 aromatic rings. The summed E-state index contributed by atoms with van der Waals surface area (Å²) in [7, 11) is 0. The van der Waals surface area contributed by atoms with Crippen LogP contribution in [0.3, 0.4) is 0 Å². The van der Waals surface area contributed by atoms with Crippen LogP contribution in [-0.2, 0) is 30.3 Å². The van der Waals surface area contributed by atoms with Gasteiger partial charge in [0.15, 0.2) is 0 Å². The van der Waals surface area contributed by atoms with E-state index in [0.29, 0.717) is 32.2 Å². The van der Waals surface area contributed by atoms with Crippen LogP contribution in [0.25, 0.3) is 0 Å². The number of nitrogens with two attached hydrogens (primary N) is 1. The maximum Gasteiger partial charge on any atom is 0.329 e. The van der Waals surface area contributed by atoms with E-state index in [4.69, 9.17) is 10.5 Å². The lowest BCUT2D eigenvalue weighted by atomic mass is 9.98. The fourth-order valence-electron chi connectivity index (χ4n) is 4.56. The summed E-state index contributed by atoms with van der Waals surface area (Å²) in [6, 6.07) is 6.24. The molecule has 2 rings (SSSR count). The average molecular weight is 531 g/mol. The SMILES string of the molecule is CC(C)C[C@H](NC(=O)[C@@H](NC(=O)[C@@H](N)Cc1ccccc1)C(C)C)C(=O)N1CCC[C@H]1C(=O)OC(C)(C)C. The monoisotopic (exact) mass is 530 g/mol. The zero-order chi connectivity index (χ0) is 28.6. The molecule has 1 aliphatic rings. The zero-order valence-electron chi connectivity index (χ0n) is 24.0. The minimum Gasteiger partial charge on any atom is -0.458 e. The first kappa shape index (κ1) is 31.3. The van der Waals surface area contributed by atoms with Crippen LogP contribution in [0.5, 0.6) is 0 Å². The number of nitrogens with one attached hydrogen (secondary N) is 2. The third-order valence-corrected chi connectivity index (χ3v) is 6.42. The molecule has 0 saturated carbocycles. The van der Waals surface area contributed by atoms with Crippen molar-refractivity contribution in [2.75, 3.05) is 6.54 Å². The summed E-state index contributed by atoms with van der Waals surface area (Å²) in [6.07, 6.45) is 1.94. The highest BCUT2D eigenvalue weighted by molar-refractivity contribution is 5.94. The Balaban J connectivity index is 2.13. The molecule has 1 fully saturated rings. The number of carbonyl (C=O) groups excluding carboxylic acids is 4. The van der Waals surface area contributed by atoms with Gasteiger partial charge in [-0.15, -0.1) is 0 Å². The van der Waals surface area contributed by atoms with Crippen molar-refractivity contribution in [2.24, 2.45) is 17.6 Å². The van der Waals surface area contributed by atoms with E-state index in [9.17, 15) is 19.2 Å². The van der Waals surface area contributed by atoms with E-state index in [1.165, 1.54) is 4.90 Å². The lowest BCUT2D eigenvalue weighted by Crippen LogP contribution is -2.59. The second-order valence-electron chi connectivity index (χ2n) is 11.9. The van der Waals surface area contributed by atoms with Gasteiger partial charge in [0.05, 0.1) is 6.04 Å². The van der Waals surface area contributed by atoms with Crippen LogP contribution in [-0.4, -0.2) is 64.9 Å². The van der Waals surface area contributed by atoms with Crippen LogP contribution in [0.1, 0.15) is 73.3 Å². The number of rotatable bonds is 11. The Morgan fingerprint density at radius 2 is 1.66 bits per heavy atom. The fraction of sp³-hybridized carbons (Fsp3) is 0.655. The molecule has 0 aromatic heterocycles. The molecule has 3 amide bonds. The van der Waals surface area contributed by atoms with Crippen LogP contribution in [0, 0.1) is 11.8 Å². The Kier molecular flexibility index (Phi) is 11.3. The van der Waals surface area contributed by atoms with E-state index in [1.54, 1.807) is 20.8 Å². The van der Waals surface area contributed by atoms with E-state index in [-0.39, 0.29) is 17.7 Å². The number of likely N-dealkylation sites (tertiary alicyclic amines) is 1. The molecule has 4 N–H and O–H groups in total. The van der Waals surface area contributed by atoms with Crippen LogP contribution in [0.4, 0.5) is 0 Å². The average Bonchev–Trinajstić information content (AvgIpc) is 3.30. The van der Waals surface area contributed by atoms with E-state index in [2.05, 4.69) is 10.6 Å². The van der Waals surface area contributed by atoms with Crippen molar-refractivity contribution in [3.05, 3.63) is 35.9 Å². The lowest BCUT2D eigenvalue weighted by Gasteiger charge is -2.32. The molecule has 4 atom stereocenters. The molecule has 1 saturated heterocycles. The van der Waals surface area contributed by atoms with Crippen molar-refractivity contribution in [3.63, 3.8) is 0 Å². The predicted molar refractivity (Wildman–Crippen MR) is 147 cm³/mol. The third kappa shape index (κ3) is 9.42. The van der Waals surface area contributed by atoms with Gasteiger partial charge in [-0.2, -0.15) is 0 Å². The van der Waals surface area contributed by atoms with Gasteiger partial charge >= 0.3 is 5.97 Å². The number of hydrogen-bond donors (Lipinski definition) is 3. The number of nitrogens with zero attached hydrogens (tertiary/aromatic N) is 1. The topological polar surface area (TPSA) is 131 Å². The van der Waals surface area contributed by atoms with Gasteiger partial charge in [0, 0.05) is 6.54 Å². The van der Waals surface area contributed by atoms with Crippen molar-refractivity contribution in [2.45, 2.75) is 104 Å². The number of hydrogen-bond acceptors (Lipinski definition) is 6. The molecule has 1 heterocycles. The summed E-state index contributed by atoms with van der Waals surface area (Å²) in [5.41, 5.74) is 6.40. The maximum absolute atomic E-state index is 13.6. The van der Waals surface area contributed by atoms with Gasteiger partial charge in [-0.05, 0) is 63.9 Å². The predicted octanol–water partition coefficient (Wildman–Crippen LogP) is 2.56. The molecule has 9 heteroatoms. The quantitative estimate of drug-likeness (QED) is 0.377. The molecule has 1 aliphatic heterocycles. The summed E-state index contributed by atoms with van der Waals surface area (Å²) in [5, 5.41) is 5.65. The smallest absolute Gasteiger partial charge is 0.329 e. The fourth-order valence-corrected chi connectivity index (χ4v) is 4.56. The third-order valence-electron chi connectivity index (χ3n) is 6.42. The van der Waals surface area contributed by atoms with Crippen molar-refractivity contribution in [3.8, 4) is 0 Å². The van der Waals surface area contributed by atoms with E-state index < -0.39 is 47.6 Å². The molecular formula is C29H46N4O5. The first-order chi connectivity index (χ1) is 17.7. The van der Waals surface area contributed by atoms with Gasteiger partial charge in [-0.3, -0.25) is 14.4 Å². The molecule has 38 heavy (non-hydrogen) atoms. The summed E-state index contributed by atoms with van der Waals surface area (Å²) in [5.74, 6) is -1.75. The van der Waals surface area contributed by atoms with Crippen molar-refractivity contribution < 1.29 is 23.9 Å². The Hall–Kier alpha value is -2.94.